The van der Waals surface area contributed by atoms with Crippen molar-refractivity contribution in [3.8, 4) is 0 Å². The third kappa shape index (κ3) is 4.45. The number of amides is 1. The Bertz CT molecular complexity index is 657. The minimum absolute atomic E-state index is 0.0299. The highest BCUT2D eigenvalue weighted by Gasteiger charge is 2.39. The molecule has 116 valence electrons. The van der Waals surface area contributed by atoms with Crippen molar-refractivity contribution in [2.45, 2.75) is 38.6 Å². The van der Waals surface area contributed by atoms with Crippen molar-refractivity contribution in [3.63, 3.8) is 0 Å². The lowest BCUT2D eigenvalue weighted by Crippen LogP contribution is -2.47. The number of halogens is 1. The zero-order valence-corrected chi connectivity index (χ0v) is 13.9. The van der Waals surface area contributed by atoms with Crippen molar-refractivity contribution < 1.29 is 13.2 Å². The molecule has 6 heteroatoms. The molecule has 1 N–H and O–H groups in total. The Balaban J connectivity index is 1.89. The summed E-state index contributed by atoms with van der Waals surface area (Å²) in [4.78, 5) is 12.0. The second-order valence-corrected chi connectivity index (χ2v) is 8.63. The standard InChI is InChI=1S/C15H20ClNO3S/c1-11-3-4-12(9-13(11)16)5-6-14(18)17-15(2)7-8-21(19,20)10-15/h3-4,9H,5-8,10H2,1-2H3,(H,17,18). The second-order valence-electron chi connectivity index (χ2n) is 6.03. The van der Waals surface area contributed by atoms with E-state index in [-0.39, 0.29) is 17.4 Å². The second kappa shape index (κ2) is 5.97. The minimum atomic E-state index is -3.01. The van der Waals surface area contributed by atoms with Crippen LogP contribution in [0.1, 0.15) is 30.9 Å². The quantitative estimate of drug-likeness (QED) is 0.921. The third-order valence-corrected chi connectivity index (χ3v) is 6.13. The van der Waals surface area contributed by atoms with Gasteiger partial charge in [0, 0.05) is 11.4 Å². The summed E-state index contributed by atoms with van der Waals surface area (Å²) in [6, 6.07) is 5.75. The summed E-state index contributed by atoms with van der Waals surface area (Å²) in [5.74, 6) is 0.0608. The molecule has 1 aromatic carbocycles. The van der Waals surface area contributed by atoms with Crippen LogP contribution in [0.2, 0.25) is 5.02 Å². The summed E-state index contributed by atoms with van der Waals surface area (Å²) < 4.78 is 23.0. The molecule has 4 nitrogen and oxygen atoms in total. The van der Waals surface area contributed by atoms with Crippen LogP contribution >= 0.6 is 11.6 Å². The van der Waals surface area contributed by atoms with Gasteiger partial charge in [-0.2, -0.15) is 0 Å². The highest BCUT2D eigenvalue weighted by molar-refractivity contribution is 7.91. The average molecular weight is 330 g/mol. The molecule has 0 aliphatic carbocycles. The van der Waals surface area contributed by atoms with Gasteiger partial charge >= 0.3 is 0 Å². The van der Waals surface area contributed by atoms with Gasteiger partial charge in [0.2, 0.25) is 5.91 Å². The number of sulfone groups is 1. The summed E-state index contributed by atoms with van der Waals surface area (Å²) in [7, 11) is -3.01. The van der Waals surface area contributed by atoms with Gasteiger partial charge in [-0.15, -0.1) is 0 Å². The molecule has 0 radical (unpaired) electrons. The summed E-state index contributed by atoms with van der Waals surface area (Å²) in [5, 5.41) is 3.55. The van der Waals surface area contributed by atoms with Gasteiger partial charge in [0.05, 0.1) is 17.0 Å². The number of aryl methyl sites for hydroxylation is 2. The first-order valence-corrected chi connectivity index (χ1v) is 9.16. The summed E-state index contributed by atoms with van der Waals surface area (Å²) in [6.45, 7) is 3.72. The van der Waals surface area contributed by atoms with Crippen LogP contribution < -0.4 is 5.32 Å². The number of hydrogen-bond acceptors (Lipinski definition) is 3. The lowest BCUT2D eigenvalue weighted by molar-refractivity contribution is -0.122. The number of carbonyl (C=O) groups is 1. The van der Waals surface area contributed by atoms with Crippen LogP contribution in [0.5, 0.6) is 0 Å². The van der Waals surface area contributed by atoms with Gasteiger partial charge in [-0.3, -0.25) is 4.79 Å². The Kier molecular flexibility index (Phi) is 4.63. The van der Waals surface area contributed by atoms with Gasteiger partial charge in [-0.05, 0) is 43.9 Å². The third-order valence-electron chi connectivity index (χ3n) is 3.82. The van der Waals surface area contributed by atoms with E-state index in [1.165, 1.54) is 0 Å². The zero-order valence-electron chi connectivity index (χ0n) is 12.3. The SMILES string of the molecule is Cc1ccc(CCC(=O)NC2(C)CCS(=O)(=O)C2)cc1Cl. The van der Waals surface area contributed by atoms with Crippen LogP contribution in [0.25, 0.3) is 0 Å². The summed E-state index contributed by atoms with van der Waals surface area (Å²) in [5.41, 5.74) is 1.39. The first-order valence-electron chi connectivity index (χ1n) is 6.96. The van der Waals surface area contributed by atoms with E-state index < -0.39 is 15.4 Å². The number of nitrogens with one attached hydrogen (secondary N) is 1. The van der Waals surface area contributed by atoms with Gasteiger partial charge < -0.3 is 5.32 Å². The maximum absolute atomic E-state index is 12.0. The molecule has 1 saturated heterocycles. The summed E-state index contributed by atoms with van der Waals surface area (Å²) in [6.07, 6.45) is 1.40. The molecule has 0 bridgehead atoms. The normalized spacial score (nSPS) is 24.0. The monoisotopic (exact) mass is 329 g/mol. The highest BCUT2D eigenvalue weighted by atomic mass is 35.5. The first kappa shape index (κ1) is 16.3. The molecule has 1 unspecified atom stereocenters. The smallest absolute Gasteiger partial charge is 0.220 e. The molecule has 0 saturated carbocycles. The molecule has 1 aliphatic heterocycles. The van der Waals surface area contributed by atoms with Crippen molar-refractivity contribution in [1.82, 2.24) is 5.32 Å². The Morgan fingerprint density at radius 2 is 2.14 bits per heavy atom. The molecule has 1 heterocycles. The lowest BCUT2D eigenvalue weighted by Gasteiger charge is -2.23. The van der Waals surface area contributed by atoms with E-state index in [9.17, 15) is 13.2 Å². The van der Waals surface area contributed by atoms with E-state index in [2.05, 4.69) is 5.32 Å². The predicted octanol–water partition coefficient (Wildman–Crippen LogP) is 2.27. The van der Waals surface area contributed by atoms with Crippen LogP contribution in [0, 0.1) is 6.92 Å². The van der Waals surface area contributed by atoms with Crippen LogP contribution in [0.3, 0.4) is 0 Å². The number of rotatable bonds is 4. The average Bonchev–Trinajstić information content (AvgIpc) is 2.65. The largest absolute Gasteiger partial charge is 0.350 e. The summed E-state index contributed by atoms with van der Waals surface area (Å²) >= 11 is 6.05. The molecule has 0 spiro atoms. The zero-order chi connectivity index (χ0) is 15.7. The maximum atomic E-state index is 12.0. The maximum Gasteiger partial charge on any atom is 0.220 e. The Morgan fingerprint density at radius 3 is 2.71 bits per heavy atom. The van der Waals surface area contributed by atoms with E-state index in [0.717, 1.165) is 11.1 Å². The van der Waals surface area contributed by atoms with E-state index in [1.54, 1.807) is 6.92 Å². The number of benzene rings is 1. The number of hydrogen-bond donors (Lipinski definition) is 1. The van der Waals surface area contributed by atoms with Crippen molar-refractivity contribution in [2.75, 3.05) is 11.5 Å². The van der Waals surface area contributed by atoms with Crippen molar-refractivity contribution in [1.29, 1.82) is 0 Å². The van der Waals surface area contributed by atoms with Gasteiger partial charge in [0.25, 0.3) is 0 Å². The van der Waals surface area contributed by atoms with Crippen LogP contribution in [0.15, 0.2) is 18.2 Å². The van der Waals surface area contributed by atoms with Gasteiger partial charge in [-0.1, -0.05) is 23.7 Å². The Morgan fingerprint density at radius 1 is 1.43 bits per heavy atom. The van der Waals surface area contributed by atoms with Crippen molar-refractivity contribution in [2.24, 2.45) is 0 Å². The van der Waals surface area contributed by atoms with E-state index in [4.69, 9.17) is 11.6 Å². The predicted molar refractivity (Wildman–Crippen MR) is 84.3 cm³/mol. The van der Waals surface area contributed by atoms with Crippen LogP contribution in [0.4, 0.5) is 0 Å². The van der Waals surface area contributed by atoms with Crippen LogP contribution in [-0.4, -0.2) is 31.4 Å². The molecule has 1 fully saturated rings. The molecule has 2 rings (SSSR count). The molecule has 1 atom stereocenters. The molecular formula is C15H20ClNO3S. The lowest BCUT2D eigenvalue weighted by atomic mass is 10.0. The molecule has 21 heavy (non-hydrogen) atoms. The molecule has 1 aliphatic rings. The first-order chi connectivity index (χ1) is 9.69. The van der Waals surface area contributed by atoms with Gasteiger partial charge in [-0.25, -0.2) is 8.42 Å². The topological polar surface area (TPSA) is 63.2 Å². The van der Waals surface area contributed by atoms with E-state index in [1.807, 2.05) is 25.1 Å². The van der Waals surface area contributed by atoms with Crippen LogP contribution in [-0.2, 0) is 21.1 Å². The Hall–Kier alpha value is -1.07. The fourth-order valence-corrected chi connectivity index (χ4v) is 4.85. The van der Waals surface area contributed by atoms with Crippen molar-refractivity contribution in [3.05, 3.63) is 34.3 Å². The van der Waals surface area contributed by atoms with Gasteiger partial charge in [0.15, 0.2) is 9.84 Å². The molecular weight excluding hydrogens is 310 g/mol. The number of carbonyl (C=O) groups excluding carboxylic acids is 1. The van der Waals surface area contributed by atoms with E-state index >= 15 is 0 Å². The minimum Gasteiger partial charge on any atom is -0.350 e. The molecule has 1 amide bonds. The molecule has 0 aromatic heterocycles. The highest BCUT2D eigenvalue weighted by Crippen LogP contribution is 2.23. The van der Waals surface area contributed by atoms with Gasteiger partial charge in [0.1, 0.15) is 0 Å². The fraction of sp³-hybridized carbons (Fsp3) is 0.533. The Labute approximate surface area is 130 Å². The molecule has 1 aromatic rings. The van der Waals surface area contributed by atoms with E-state index in [0.29, 0.717) is 24.3 Å². The van der Waals surface area contributed by atoms with Crippen molar-refractivity contribution >= 4 is 27.3 Å². The fourth-order valence-electron chi connectivity index (χ4n) is 2.56.